The number of rotatable bonds is 3. The maximum atomic E-state index is 6.29. The first-order valence-corrected chi connectivity index (χ1v) is 5.54. The highest BCUT2D eigenvalue weighted by Gasteiger charge is 2.33. The second kappa shape index (κ2) is 4.28. The zero-order valence-electron chi connectivity index (χ0n) is 9.51. The molecule has 1 aliphatic carbocycles. The molecule has 0 aromatic carbocycles. The normalized spacial score (nSPS) is 32.5. The summed E-state index contributed by atoms with van der Waals surface area (Å²) in [7, 11) is 0. The van der Waals surface area contributed by atoms with Gasteiger partial charge in [-0.1, -0.05) is 44.1 Å². The summed E-state index contributed by atoms with van der Waals surface area (Å²) in [5.74, 6) is 0. The average molecular weight is 194 g/mol. The predicted octanol–water partition coefficient (Wildman–Crippen LogP) is 2.11. The van der Waals surface area contributed by atoms with Gasteiger partial charge in [0, 0.05) is 6.04 Å². The van der Waals surface area contributed by atoms with Crippen LogP contribution in [0.4, 0.5) is 0 Å². The zero-order chi connectivity index (χ0) is 10.8. The summed E-state index contributed by atoms with van der Waals surface area (Å²) in [6.45, 7) is 6.39. The van der Waals surface area contributed by atoms with Crippen LogP contribution in [0.1, 0.15) is 40.0 Å². The highest BCUT2D eigenvalue weighted by Crippen LogP contribution is 2.29. The maximum absolute atomic E-state index is 6.29. The number of nitrogens with two attached hydrogens (primary N) is 2. The molecule has 0 saturated heterocycles. The van der Waals surface area contributed by atoms with E-state index in [9.17, 15) is 0 Å². The minimum absolute atomic E-state index is 0.00667. The van der Waals surface area contributed by atoms with E-state index in [0.717, 1.165) is 19.3 Å². The Morgan fingerprint density at radius 2 is 1.93 bits per heavy atom. The highest BCUT2D eigenvalue weighted by atomic mass is 14.9. The van der Waals surface area contributed by atoms with Crippen LogP contribution in [0.25, 0.3) is 0 Å². The summed E-state index contributed by atoms with van der Waals surface area (Å²) in [6.07, 6.45) is 7.30. The lowest BCUT2D eigenvalue weighted by atomic mass is 9.77. The first kappa shape index (κ1) is 11.5. The molecule has 4 N–H and O–H groups in total. The first-order valence-electron chi connectivity index (χ1n) is 5.54. The van der Waals surface area contributed by atoms with E-state index in [2.05, 4.69) is 32.9 Å². The van der Waals surface area contributed by atoms with E-state index in [-0.39, 0.29) is 11.6 Å². The highest BCUT2D eigenvalue weighted by molar-refractivity contribution is 5.39. The molecule has 80 valence electrons. The van der Waals surface area contributed by atoms with Gasteiger partial charge in [-0.25, -0.2) is 0 Å². The SMILES string of the molecule is CCC1=CC(N)(CC)C(N)C(CC)=C1. The van der Waals surface area contributed by atoms with Crippen molar-refractivity contribution in [1.29, 1.82) is 0 Å². The van der Waals surface area contributed by atoms with Gasteiger partial charge in [-0.3, -0.25) is 0 Å². The quantitative estimate of drug-likeness (QED) is 0.723. The van der Waals surface area contributed by atoms with Crippen LogP contribution in [0.15, 0.2) is 23.3 Å². The van der Waals surface area contributed by atoms with E-state index in [0.29, 0.717) is 0 Å². The first-order chi connectivity index (χ1) is 6.57. The Hall–Kier alpha value is -0.600. The molecule has 0 heterocycles. The van der Waals surface area contributed by atoms with Crippen molar-refractivity contribution in [3.8, 4) is 0 Å². The second-order valence-corrected chi connectivity index (χ2v) is 4.09. The van der Waals surface area contributed by atoms with Gasteiger partial charge in [0.15, 0.2) is 0 Å². The van der Waals surface area contributed by atoms with Crippen LogP contribution in [0, 0.1) is 0 Å². The van der Waals surface area contributed by atoms with E-state index in [1.54, 1.807) is 0 Å². The van der Waals surface area contributed by atoms with Crippen LogP contribution in [0.3, 0.4) is 0 Å². The molecule has 1 rings (SSSR count). The topological polar surface area (TPSA) is 52.0 Å². The van der Waals surface area contributed by atoms with Crippen LogP contribution in [-0.2, 0) is 0 Å². The van der Waals surface area contributed by atoms with Gasteiger partial charge < -0.3 is 11.5 Å². The Labute approximate surface area is 87.0 Å². The molecule has 2 heteroatoms. The Balaban J connectivity index is 3.04. The summed E-state index contributed by atoms with van der Waals surface area (Å²) >= 11 is 0. The van der Waals surface area contributed by atoms with Gasteiger partial charge in [0.1, 0.15) is 0 Å². The molecule has 0 aliphatic heterocycles. The fourth-order valence-corrected chi connectivity index (χ4v) is 2.00. The van der Waals surface area contributed by atoms with E-state index in [1.807, 2.05) is 0 Å². The Morgan fingerprint density at radius 1 is 1.29 bits per heavy atom. The van der Waals surface area contributed by atoms with Gasteiger partial charge in [-0.2, -0.15) is 0 Å². The third-order valence-electron chi connectivity index (χ3n) is 3.23. The molecular weight excluding hydrogens is 172 g/mol. The summed E-state index contributed by atoms with van der Waals surface area (Å²) in [5, 5.41) is 0. The van der Waals surface area contributed by atoms with E-state index in [1.165, 1.54) is 11.1 Å². The zero-order valence-corrected chi connectivity index (χ0v) is 9.51. The van der Waals surface area contributed by atoms with Gasteiger partial charge in [-0.15, -0.1) is 0 Å². The minimum Gasteiger partial charge on any atom is -0.322 e. The van der Waals surface area contributed by atoms with Crippen LogP contribution >= 0.6 is 0 Å². The van der Waals surface area contributed by atoms with Crippen molar-refractivity contribution in [1.82, 2.24) is 0 Å². The second-order valence-electron chi connectivity index (χ2n) is 4.09. The van der Waals surface area contributed by atoms with Crippen molar-refractivity contribution >= 4 is 0 Å². The van der Waals surface area contributed by atoms with Crippen molar-refractivity contribution < 1.29 is 0 Å². The fourth-order valence-electron chi connectivity index (χ4n) is 2.00. The predicted molar refractivity (Wildman–Crippen MR) is 61.9 cm³/mol. The minimum atomic E-state index is -0.328. The summed E-state index contributed by atoms with van der Waals surface area (Å²) in [6, 6.07) is -0.00667. The number of hydrogen-bond acceptors (Lipinski definition) is 2. The smallest absolute Gasteiger partial charge is 0.0535 e. The molecule has 0 bridgehead atoms. The molecule has 2 nitrogen and oxygen atoms in total. The molecule has 2 atom stereocenters. The molecule has 0 radical (unpaired) electrons. The molecule has 0 aromatic heterocycles. The maximum Gasteiger partial charge on any atom is 0.0535 e. The van der Waals surface area contributed by atoms with Gasteiger partial charge in [0.05, 0.1) is 5.54 Å². The van der Waals surface area contributed by atoms with Crippen molar-refractivity contribution in [3.63, 3.8) is 0 Å². The number of hydrogen-bond donors (Lipinski definition) is 2. The average Bonchev–Trinajstić information content (AvgIpc) is 2.22. The van der Waals surface area contributed by atoms with Crippen molar-refractivity contribution in [2.75, 3.05) is 0 Å². The Kier molecular flexibility index (Phi) is 3.51. The summed E-state index contributed by atoms with van der Waals surface area (Å²) in [5.41, 5.74) is 14.7. The molecule has 0 saturated carbocycles. The summed E-state index contributed by atoms with van der Waals surface area (Å²) < 4.78 is 0. The van der Waals surface area contributed by atoms with Crippen molar-refractivity contribution in [2.24, 2.45) is 11.5 Å². The van der Waals surface area contributed by atoms with E-state index in [4.69, 9.17) is 11.5 Å². The third kappa shape index (κ3) is 1.91. The lowest BCUT2D eigenvalue weighted by molar-refractivity contribution is 0.430. The largest absolute Gasteiger partial charge is 0.322 e. The molecule has 0 aromatic rings. The summed E-state index contributed by atoms with van der Waals surface area (Å²) in [4.78, 5) is 0. The monoisotopic (exact) mass is 194 g/mol. The molecule has 2 unspecified atom stereocenters. The van der Waals surface area contributed by atoms with Gasteiger partial charge in [0.25, 0.3) is 0 Å². The van der Waals surface area contributed by atoms with E-state index < -0.39 is 0 Å². The van der Waals surface area contributed by atoms with Crippen LogP contribution < -0.4 is 11.5 Å². The fraction of sp³-hybridized carbons (Fsp3) is 0.667. The molecular formula is C12H22N2. The molecule has 0 fully saturated rings. The third-order valence-corrected chi connectivity index (χ3v) is 3.23. The Morgan fingerprint density at radius 3 is 2.36 bits per heavy atom. The van der Waals surface area contributed by atoms with E-state index >= 15 is 0 Å². The van der Waals surface area contributed by atoms with Crippen molar-refractivity contribution in [2.45, 2.75) is 51.6 Å². The van der Waals surface area contributed by atoms with Crippen LogP contribution in [0.2, 0.25) is 0 Å². The standard InChI is InChI=1S/C12H22N2/c1-4-9-7-10(5-2)11(13)12(14,6-3)8-9/h7-8,11H,4-6,13-14H2,1-3H3. The van der Waals surface area contributed by atoms with Crippen LogP contribution in [-0.4, -0.2) is 11.6 Å². The Bertz CT molecular complexity index is 265. The molecule has 14 heavy (non-hydrogen) atoms. The van der Waals surface area contributed by atoms with Gasteiger partial charge in [0.2, 0.25) is 0 Å². The molecule has 0 amide bonds. The molecule has 0 spiro atoms. The van der Waals surface area contributed by atoms with Gasteiger partial charge in [-0.05, 0) is 19.3 Å². The number of allylic oxidation sites excluding steroid dienone is 2. The van der Waals surface area contributed by atoms with Crippen molar-refractivity contribution in [3.05, 3.63) is 23.3 Å². The lowest BCUT2D eigenvalue weighted by Gasteiger charge is -2.37. The van der Waals surface area contributed by atoms with Gasteiger partial charge >= 0.3 is 0 Å². The van der Waals surface area contributed by atoms with Crippen LogP contribution in [0.5, 0.6) is 0 Å². The lowest BCUT2D eigenvalue weighted by Crippen LogP contribution is -2.55. The molecule has 1 aliphatic rings.